The molecule has 2 saturated heterocycles. The van der Waals surface area contributed by atoms with Crippen molar-refractivity contribution in [2.75, 3.05) is 39.9 Å². The lowest BCUT2D eigenvalue weighted by atomic mass is 9.73. The summed E-state index contributed by atoms with van der Waals surface area (Å²) in [6, 6.07) is 8.08. The SMILES string of the molecule is COC[C@@]12CCN(Cc3ccc(Cl)cc3)C[C@@H]1CN(C(C)=O)C2. The fraction of sp³-hybridized carbons (Fsp3) is 0.611. The van der Waals surface area contributed by atoms with Crippen molar-refractivity contribution in [2.45, 2.75) is 19.9 Å². The van der Waals surface area contributed by atoms with E-state index in [2.05, 4.69) is 17.0 Å². The first-order valence-corrected chi connectivity index (χ1v) is 8.61. The lowest BCUT2D eigenvalue weighted by molar-refractivity contribution is -0.128. The van der Waals surface area contributed by atoms with Gasteiger partial charge in [0.05, 0.1) is 6.61 Å². The Morgan fingerprint density at radius 3 is 2.74 bits per heavy atom. The Hall–Kier alpha value is -1.10. The van der Waals surface area contributed by atoms with E-state index >= 15 is 0 Å². The van der Waals surface area contributed by atoms with Crippen LogP contribution >= 0.6 is 11.6 Å². The number of halogens is 1. The Kier molecular flexibility index (Phi) is 4.95. The van der Waals surface area contributed by atoms with Crippen LogP contribution in [0.5, 0.6) is 0 Å². The number of carbonyl (C=O) groups is 1. The summed E-state index contributed by atoms with van der Waals surface area (Å²) < 4.78 is 5.51. The van der Waals surface area contributed by atoms with Crippen LogP contribution in [0.1, 0.15) is 18.9 Å². The first-order chi connectivity index (χ1) is 11.0. The summed E-state index contributed by atoms with van der Waals surface area (Å²) in [6.45, 7) is 7.13. The molecule has 0 bridgehead atoms. The highest BCUT2D eigenvalue weighted by Gasteiger charge is 2.49. The second-order valence-corrected chi connectivity index (χ2v) is 7.44. The number of amides is 1. The molecule has 0 radical (unpaired) electrons. The van der Waals surface area contributed by atoms with Crippen LogP contribution in [0, 0.1) is 11.3 Å². The second kappa shape index (κ2) is 6.80. The van der Waals surface area contributed by atoms with Gasteiger partial charge in [-0.3, -0.25) is 9.69 Å². The van der Waals surface area contributed by atoms with Gasteiger partial charge < -0.3 is 9.64 Å². The second-order valence-electron chi connectivity index (χ2n) is 7.00. The fourth-order valence-corrected chi connectivity index (χ4v) is 4.23. The van der Waals surface area contributed by atoms with Crippen LogP contribution in [0.4, 0.5) is 0 Å². The normalized spacial score (nSPS) is 28.0. The van der Waals surface area contributed by atoms with Gasteiger partial charge in [-0.05, 0) is 36.6 Å². The zero-order chi connectivity index (χ0) is 16.4. The summed E-state index contributed by atoms with van der Waals surface area (Å²) in [5.41, 5.74) is 1.42. The fourth-order valence-electron chi connectivity index (χ4n) is 4.11. The van der Waals surface area contributed by atoms with E-state index in [1.807, 2.05) is 17.0 Å². The molecule has 1 aromatic carbocycles. The number of fused-ring (bicyclic) bond motifs is 1. The van der Waals surface area contributed by atoms with Crippen molar-refractivity contribution in [1.82, 2.24) is 9.80 Å². The summed E-state index contributed by atoms with van der Waals surface area (Å²) in [7, 11) is 1.77. The van der Waals surface area contributed by atoms with Gasteiger partial charge in [0, 0.05) is 50.7 Å². The quantitative estimate of drug-likeness (QED) is 0.847. The number of likely N-dealkylation sites (tertiary alicyclic amines) is 2. The van der Waals surface area contributed by atoms with Crippen LogP contribution in [-0.4, -0.2) is 55.6 Å². The minimum Gasteiger partial charge on any atom is -0.384 e. The molecule has 2 heterocycles. The molecule has 0 N–H and O–H groups in total. The zero-order valence-electron chi connectivity index (χ0n) is 13.9. The third kappa shape index (κ3) is 3.54. The van der Waals surface area contributed by atoms with Gasteiger partial charge in [0.25, 0.3) is 0 Å². The molecule has 0 saturated carbocycles. The highest BCUT2D eigenvalue weighted by atomic mass is 35.5. The number of benzene rings is 1. The third-order valence-electron chi connectivity index (χ3n) is 5.41. The van der Waals surface area contributed by atoms with Gasteiger partial charge >= 0.3 is 0 Å². The van der Waals surface area contributed by atoms with Crippen molar-refractivity contribution in [2.24, 2.45) is 11.3 Å². The van der Waals surface area contributed by atoms with Gasteiger partial charge in [0.2, 0.25) is 5.91 Å². The van der Waals surface area contributed by atoms with E-state index in [1.165, 1.54) is 5.56 Å². The predicted octanol–water partition coefficient (Wildman–Crippen LogP) is 2.66. The van der Waals surface area contributed by atoms with Gasteiger partial charge in [0.15, 0.2) is 0 Å². The Morgan fingerprint density at radius 2 is 2.09 bits per heavy atom. The molecule has 2 aliphatic heterocycles. The van der Waals surface area contributed by atoms with Gasteiger partial charge in [-0.2, -0.15) is 0 Å². The van der Waals surface area contributed by atoms with E-state index in [9.17, 15) is 4.79 Å². The number of nitrogens with zero attached hydrogens (tertiary/aromatic N) is 2. The van der Waals surface area contributed by atoms with E-state index in [4.69, 9.17) is 16.3 Å². The number of piperidine rings is 1. The molecule has 2 fully saturated rings. The topological polar surface area (TPSA) is 32.8 Å². The Bertz CT molecular complexity index is 563. The first kappa shape index (κ1) is 16.7. The van der Waals surface area contributed by atoms with Crippen LogP contribution in [-0.2, 0) is 16.1 Å². The summed E-state index contributed by atoms with van der Waals surface area (Å²) in [6.07, 6.45) is 1.09. The minimum atomic E-state index is 0.136. The van der Waals surface area contributed by atoms with E-state index < -0.39 is 0 Å². The smallest absolute Gasteiger partial charge is 0.219 e. The molecule has 3 rings (SSSR count). The van der Waals surface area contributed by atoms with Crippen molar-refractivity contribution in [1.29, 1.82) is 0 Å². The molecule has 1 amide bonds. The number of ether oxygens (including phenoxy) is 1. The van der Waals surface area contributed by atoms with E-state index in [0.717, 1.165) is 50.8 Å². The molecular formula is C18H25ClN2O2. The van der Waals surface area contributed by atoms with Crippen molar-refractivity contribution in [3.63, 3.8) is 0 Å². The Balaban J connectivity index is 1.68. The molecule has 5 heteroatoms. The molecule has 0 spiro atoms. The van der Waals surface area contributed by atoms with Gasteiger partial charge in [-0.25, -0.2) is 0 Å². The molecule has 0 unspecified atom stereocenters. The average Bonchev–Trinajstić information content (AvgIpc) is 2.89. The lowest BCUT2D eigenvalue weighted by Crippen LogP contribution is -2.48. The van der Waals surface area contributed by atoms with Gasteiger partial charge in [-0.1, -0.05) is 23.7 Å². The lowest BCUT2D eigenvalue weighted by Gasteiger charge is -2.43. The maximum absolute atomic E-state index is 11.8. The molecule has 4 nitrogen and oxygen atoms in total. The predicted molar refractivity (Wildman–Crippen MR) is 91.4 cm³/mol. The number of hydrogen-bond donors (Lipinski definition) is 0. The summed E-state index contributed by atoms with van der Waals surface area (Å²) in [5.74, 6) is 0.673. The summed E-state index contributed by atoms with van der Waals surface area (Å²) in [4.78, 5) is 16.3. The standard InChI is InChI=1S/C18H25ClN2O2/c1-14(22)21-11-16-10-20(8-7-18(16,12-21)13-23-2)9-15-3-5-17(19)6-4-15/h3-6,16H,7-13H2,1-2H3/t16-,18+/m1/s1. The molecule has 2 aliphatic rings. The highest BCUT2D eigenvalue weighted by Crippen LogP contribution is 2.43. The van der Waals surface area contributed by atoms with E-state index in [1.54, 1.807) is 14.0 Å². The molecule has 2 atom stereocenters. The highest BCUT2D eigenvalue weighted by molar-refractivity contribution is 6.30. The molecule has 23 heavy (non-hydrogen) atoms. The molecule has 0 aliphatic carbocycles. The number of hydrogen-bond acceptors (Lipinski definition) is 3. The van der Waals surface area contributed by atoms with Crippen LogP contribution in [0.15, 0.2) is 24.3 Å². The molecule has 0 aromatic heterocycles. The maximum Gasteiger partial charge on any atom is 0.219 e. The van der Waals surface area contributed by atoms with Gasteiger partial charge in [0.1, 0.15) is 0 Å². The monoisotopic (exact) mass is 336 g/mol. The van der Waals surface area contributed by atoms with Crippen molar-refractivity contribution >= 4 is 17.5 Å². The molecule has 1 aromatic rings. The number of methoxy groups -OCH3 is 1. The Morgan fingerprint density at radius 1 is 1.35 bits per heavy atom. The van der Waals surface area contributed by atoms with Gasteiger partial charge in [-0.15, -0.1) is 0 Å². The zero-order valence-corrected chi connectivity index (χ0v) is 14.7. The third-order valence-corrected chi connectivity index (χ3v) is 5.67. The van der Waals surface area contributed by atoms with E-state index in [-0.39, 0.29) is 11.3 Å². The number of rotatable bonds is 4. The molecular weight excluding hydrogens is 312 g/mol. The van der Waals surface area contributed by atoms with Crippen LogP contribution < -0.4 is 0 Å². The van der Waals surface area contributed by atoms with Crippen molar-refractivity contribution in [3.05, 3.63) is 34.9 Å². The van der Waals surface area contributed by atoms with Crippen LogP contribution in [0.25, 0.3) is 0 Å². The summed E-state index contributed by atoms with van der Waals surface area (Å²) in [5, 5.41) is 0.777. The largest absolute Gasteiger partial charge is 0.384 e. The summed E-state index contributed by atoms with van der Waals surface area (Å²) >= 11 is 5.96. The first-order valence-electron chi connectivity index (χ1n) is 8.24. The van der Waals surface area contributed by atoms with Crippen LogP contribution in [0.2, 0.25) is 5.02 Å². The van der Waals surface area contributed by atoms with Crippen molar-refractivity contribution < 1.29 is 9.53 Å². The van der Waals surface area contributed by atoms with Crippen LogP contribution in [0.3, 0.4) is 0 Å². The average molecular weight is 337 g/mol. The van der Waals surface area contributed by atoms with Crippen molar-refractivity contribution in [3.8, 4) is 0 Å². The molecule has 126 valence electrons. The van der Waals surface area contributed by atoms with E-state index in [0.29, 0.717) is 5.92 Å². The Labute approximate surface area is 143 Å². The maximum atomic E-state index is 11.8. The number of carbonyl (C=O) groups excluding carboxylic acids is 1. The minimum absolute atomic E-state index is 0.136.